The number of hydrogen-bond donors (Lipinski definition) is 3. The van der Waals surface area contributed by atoms with Crippen molar-refractivity contribution in [3.05, 3.63) is 70.7 Å². The molecule has 0 fully saturated rings. The maximum atomic E-state index is 12.9. The number of amides is 1. The summed E-state index contributed by atoms with van der Waals surface area (Å²) in [5, 5.41) is 16.2. The molecular formula is C18H18FN5O. The molecular weight excluding hydrogens is 321 g/mol. The van der Waals surface area contributed by atoms with Crippen molar-refractivity contribution in [1.29, 1.82) is 0 Å². The van der Waals surface area contributed by atoms with E-state index in [0.717, 1.165) is 22.4 Å². The molecule has 1 aromatic heterocycles. The molecule has 0 aliphatic rings. The van der Waals surface area contributed by atoms with E-state index in [1.165, 1.54) is 12.1 Å². The Labute approximate surface area is 144 Å². The van der Waals surface area contributed by atoms with Crippen LogP contribution in [0.3, 0.4) is 0 Å². The van der Waals surface area contributed by atoms with E-state index in [-0.39, 0.29) is 24.0 Å². The lowest BCUT2D eigenvalue weighted by Crippen LogP contribution is -2.24. The fraction of sp³-hybridized carbons (Fsp3) is 0.167. The zero-order valence-electron chi connectivity index (χ0n) is 13.9. The van der Waals surface area contributed by atoms with Crippen molar-refractivity contribution in [3.8, 4) is 0 Å². The van der Waals surface area contributed by atoms with Crippen LogP contribution in [0.15, 0.2) is 42.5 Å². The minimum atomic E-state index is -0.370. The third kappa shape index (κ3) is 4.20. The number of hydrogen-bond acceptors (Lipinski definition) is 4. The first-order valence-corrected chi connectivity index (χ1v) is 7.80. The van der Waals surface area contributed by atoms with Crippen molar-refractivity contribution in [3.63, 3.8) is 0 Å². The monoisotopic (exact) mass is 339 g/mol. The van der Waals surface area contributed by atoms with Crippen LogP contribution in [0.2, 0.25) is 0 Å². The second-order valence-corrected chi connectivity index (χ2v) is 5.83. The summed E-state index contributed by atoms with van der Waals surface area (Å²) in [5.74, 6) is -0.335. The lowest BCUT2D eigenvalue weighted by atomic mass is 10.1. The van der Waals surface area contributed by atoms with Gasteiger partial charge in [-0.2, -0.15) is 5.21 Å². The highest BCUT2D eigenvalue weighted by Crippen LogP contribution is 2.19. The van der Waals surface area contributed by atoms with E-state index < -0.39 is 0 Å². The molecule has 0 unspecified atom stereocenters. The molecule has 6 nitrogen and oxygen atoms in total. The highest BCUT2D eigenvalue weighted by Gasteiger charge is 2.16. The van der Waals surface area contributed by atoms with Gasteiger partial charge in [-0.1, -0.05) is 18.2 Å². The number of anilines is 2. The molecule has 3 aromatic rings. The van der Waals surface area contributed by atoms with Gasteiger partial charge in [0, 0.05) is 12.2 Å². The number of halogens is 1. The standard InChI is InChI=1S/C18H18FN5O/c1-11-7-12(2)9-15(8-11)21-17-16(22-24-23-17)18(25)20-10-13-3-5-14(19)6-4-13/h3-9H,10H2,1-2H3,(H,20,25)(H2,21,22,23,24). The Morgan fingerprint density at radius 3 is 2.44 bits per heavy atom. The number of aromatic nitrogens is 3. The van der Waals surface area contributed by atoms with E-state index in [9.17, 15) is 9.18 Å². The van der Waals surface area contributed by atoms with Gasteiger partial charge in [0.05, 0.1) is 0 Å². The third-order valence-electron chi connectivity index (χ3n) is 3.61. The number of nitrogens with one attached hydrogen (secondary N) is 3. The molecule has 0 aliphatic heterocycles. The fourth-order valence-electron chi connectivity index (χ4n) is 2.53. The minimum Gasteiger partial charge on any atom is -0.346 e. The first kappa shape index (κ1) is 16.6. The summed E-state index contributed by atoms with van der Waals surface area (Å²) >= 11 is 0. The average molecular weight is 339 g/mol. The fourth-order valence-corrected chi connectivity index (χ4v) is 2.53. The Kier molecular flexibility index (Phi) is 4.74. The molecule has 2 aromatic carbocycles. The number of benzene rings is 2. The molecule has 1 heterocycles. The maximum absolute atomic E-state index is 12.9. The number of aromatic amines is 1. The summed E-state index contributed by atoms with van der Waals surface area (Å²) < 4.78 is 12.9. The first-order chi connectivity index (χ1) is 12.0. The summed E-state index contributed by atoms with van der Waals surface area (Å²) in [6.07, 6.45) is 0. The maximum Gasteiger partial charge on any atom is 0.275 e. The van der Waals surface area contributed by atoms with E-state index in [1.807, 2.05) is 26.0 Å². The number of H-pyrrole nitrogens is 1. The lowest BCUT2D eigenvalue weighted by Gasteiger charge is -2.08. The van der Waals surface area contributed by atoms with Crippen LogP contribution in [0.5, 0.6) is 0 Å². The number of nitrogens with zero attached hydrogens (tertiary/aromatic N) is 2. The van der Waals surface area contributed by atoms with Crippen LogP contribution in [0.4, 0.5) is 15.9 Å². The van der Waals surface area contributed by atoms with E-state index in [1.54, 1.807) is 12.1 Å². The highest BCUT2D eigenvalue weighted by atomic mass is 19.1. The Balaban J connectivity index is 1.69. The second-order valence-electron chi connectivity index (χ2n) is 5.83. The summed E-state index contributed by atoms with van der Waals surface area (Å²) in [5.41, 5.74) is 4.00. The smallest absolute Gasteiger partial charge is 0.275 e. The van der Waals surface area contributed by atoms with Crippen LogP contribution < -0.4 is 10.6 Å². The van der Waals surface area contributed by atoms with Crippen molar-refractivity contribution in [2.24, 2.45) is 0 Å². The van der Waals surface area contributed by atoms with Gasteiger partial charge in [0.25, 0.3) is 5.91 Å². The van der Waals surface area contributed by atoms with Gasteiger partial charge in [-0.25, -0.2) is 4.39 Å². The van der Waals surface area contributed by atoms with Crippen LogP contribution in [0, 0.1) is 19.7 Å². The van der Waals surface area contributed by atoms with E-state index in [0.29, 0.717) is 5.82 Å². The topological polar surface area (TPSA) is 82.7 Å². The van der Waals surface area contributed by atoms with Crippen molar-refractivity contribution in [2.75, 3.05) is 5.32 Å². The number of carbonyl (C=O) groups is 1. The van der Waals surface area contributed by atoms with Crippen LogP contribution in [0.1, 0.15) is 27.2 Å². The molecule has 0 bridgehead atoms. The largest absolute Gasteiger partial charge is 0.346 e. The Hall–Kier alpha value is -3.22. The molecule has 0 aliphatic carbocycles. The van der Waals surface area contributed by atoms with E-state index in [4.69, 9.17) is 0 Å². The van der Waals surface area contributed by atoms with Gasteiger partial charge < -0.3 is 10.6 Å². The number of carbonyl (C=O) groups excluding carboxylic acids is 1. The molecule has 3 rings (SSSR count). The lowest BCUT2D eigenvalue weighted by molar-refractivity contribution is 0.0946. The summed E-state index contributed by atoms with van der Waals surface area (Å²) in [7, 11) is 0. The SMILES string of the molecule is Cc1cc(C)cc(Nc2n[nH]nc2C(=O)NCc2ccc(F)cc2)c1. The Bertz CT molecular complexity index is 868. The number of aryl methyl sites for hydroxylation is 2. The normalized spacial score (nSPS) is 10.5. The van der Waals surface area contributed by atoms with E-state index in [2.05, 4.69) is 32.1 Å². The van der Waals surface area contributed by atoms with Crippen molar-refractivity contribution >= 4 is 17.4 Å². The van der Waals surface area contributed by atoms with Gasteiger partial charge in [0.15, 0.2) is 11.5 Å². The zero-order chi connectivity index (χ0) is 17.8. The van der Waals surface area contributed by atoms with Gasteiger partial charge in [0.1, 0.15) is 5.82 Å². The van der Waals surface area contributed by atoms with Crippen LogP contribution in [-0.2, 0) is 6.54 Å². The minimum absolute atomic E-state index is 0.168. The van der Waals surface area contributed by atoms with Gasteiger partial charge >= 0.3 is 0 Å². The predicted octanol–water partition coefficient (Wildman–Crippen LogP) is 3.23. The molecule has 25 heavy (non-hydrogen) atoms. The molecule has 0 saturated carbocycles. The summed E-state index contributed by atoms with van der Waals surface area (Å²) in [6, 6.07) is 11.9. The Morgan fingerprint density at radius 2 is 1.76 bits per heavy atom. The molecule has 0 saturated heterocycles. The van der Waals surface area contributed by atoms with Gasteiger partial charge in [-0.15, -0.1) is 10.2 Å². The molecule has 0 spiro atoms. The van der Waals surface area contributed by atoms with Crippen molar-refractivity contribution in [2.45, 2.75) is 20.4 Å². The first-order valence-electron chi connectivity index (χ1n) is 7.80. The molecule has 0 atom stereocenters. The van der Waals surface area contributed by atoms with Gasteiger partial charge in [-0.3, -0.25) is 4.79 Å². The van der Waals surface area contributed by atoms with Crippen LogP contribution in [0.25, 0.3) is 0 Å². The molecule has 1 amide bonds. The van der Waals surface area contributed by atoms with Gasteiger partial charge in [-0.05, 0) is 54.8 Å². The van der Waals surface area contributed by atoms with Crippen molar-refractivity contribution in [1.82, 2.24) is 20.7 Å². The third-order valence-corrected chi connectivity index (χ3v) is 3.61. The van der Waals surface area contributed by atoms with Crippen LogP contribution >= 0.6 is 0 Å². The average Bonchev–Trinajstić information content (AvgIpc) is 3.01. The predicted molar refractivity (Wildman–Crippen MR) is 93.2 cm³/mol. The van der Waals surface area contributed by atoms with Gasteiger partial charge in [0.2, 0.25) is 0 Å². The number of rotatable bonds is 5. The summed E-state index contributed by atoms with van der Waals surface area (Å²) in [6.45, 7) is 4.27. The van der Waals surface area contributed by atoms with Crippen LogP contribution in [-0.4, -0.2) is 21.3 Å². The molecule has 3 N–H and O–H groups in total. The second kappa shape index (κ2) is 7.12. The summed E-state index contributed by atoms with van der Waals surface area (Å²) in [4.78, 5) is 12.3. The Morgan fingerprint density at radius 1 is 1.08 bits per heavy atom. The van der Waals surface area contributed by atoms with E-state index >= 15 is 0 Å². The quantitative estimate of drug-likeness (QED) is 0.666. The molecule has 128 valence electrons. The molecule has 7 heteroatoms. The molecule has 0 radical (unpaired) electrons. The highest BCUT2D eigenvalue weighted by molar-refractivity contribution is 5.97. The van der Waals surface area contributed by atoms with Crippen molar-refractivity contribution < 1.29 is 9.18 Å². The zero-order valence-corrected chi connectivity index (χ0v) is 13.9.